The average molecular weight is 300 g/mol. The minimum absolute atomic E-state index is 0.268. The molecule has 4 nitrogen and oxygen atoms in total. The average Bonchev–Trinajstić information content (AvgIpc) is 2.38. The van der Waals surface area contributed by atoms with Gasteiger partial charge >= 0.3 is 6.36 Å². The minimum Gasteiger partial charge on any atom is -0.406 e. The van der Waals surface area contributed by atoms with E-state index in [-0.39, 0.29) is 5.75 Å². The number of fused-ring (bicyclic) bond motifs is 1. The van der Waals surface area contributed by atoms with Crippen molar-refractivity contribution in [3.63, 3.8) is 0 Å². The maximum absolute atomic E-state index is 12.3. The first-order valence-corrected chi connectivity index (χ1v) is 6.35. The monoisotopic (exact) mass is 300 g/mol. The number of methoxy groups -OCH3 is 1. The molecule has 21 heavy (non-hydrogen) atoms. The number of benzene rings is 1. The Kier molecular flexibility index (Phi) is 4.52. The van der Waals surface area contributed by atoms with E-state index >= 15 is 0 Å². The topological polar surface area (TPSA) is 43.4 Å². The maximum atomic E-state index is 12.3. The van der Waals surface area contributed by atoms with Crippen LogP contribution in [0.4, 0.5) is 18.9 Å². The molecule has 0 unspecified atom stereocenters. The fourth-order valence-corrected chi connectivity index (χ4v) is 2.02. The van der Waals surface area contributed by atoms with E-state index in [1.165, 1.54) is 18.2 Å². The number of nitrogens with one attached hydrogen (secondary N) is 1. The molecule has 0 radical (unpaired) electrons. The lowest BCUT2D eigenvalue weighted by molar-refractivity contribution is -0.274. The van der Waals surface area contributed by atoms with Crippen molar-refractivity contribution in [2.45, 2.75) is 19.9 Å². The molecule has 0 fully saturated rings. The van der Waals surface area contributed by atoms with Gasteiger partial charge in [-0.3, -0.25) is 4.98 Å². The maximum Gasteiger partial charge on any atom is 0.573 e. The van der Waals surface area contributed by atoms with Gasteiger partial charge in [0, 0.05) is 24.7 Å². The molecule has 2 aromatic rings. The van der Waals surface area contributed by atoms with Gasteiger partial charge in [-0.15, -0.1) is 13.2 Å². The summed E-state index contributed by atoms with van der Waals surface area (Å²) in [5.41, 5.74) is 1.97. The highest BCUT2D eigenvalue weighted by atomic mass is 19.4. The van der Waals surface area contributed by atoms with Gasteiger partial charge in [-0.2, -0.15) is 0 Å². The van der Waals surface area contributed by atoms with E-state index in [1.54, 1.807) is 13.2 Å². The lowest BCUT2D eigenvalue weighted by atomic mass is 10.1. The Labute approximate surface area is 119 Å². The van der Waals surface area contributed by atoms with Crippen LogP contribution in [0.15, 0.2) is 24.3 Å². The van der Waals surface area contributed by atoms with E-state index in [9.17, 15) is 13.2 Å². The highest BCUT2D eigenvalue weighted by Crippen LogP contribution is 2.30. The van der Waals surface area contributed by atoms with Crippen LogP contribution in [-0.2, 0) is 11.3 Å². The molecule has 7 heteroatoms. The Morgan fingerprint density at radius 3 is 2.62 bits per heavy atom. The Morgan fingerprint density at radius 1 is 1.24 bits per heavy atom. The minimum atomic E-state index is -4.71. The second-order valence-electron chi connectivity index (χ2n) is 4.35. The van der Waals surface area contributed by atoms with Gasteiger partial charge in [0.25, 0.3) is 0 Å². The van der Waals surface area contributed by atoms with Crippen molar-refractivity contribution in [2.75, 3.05) is 19.0 Å². The van der Waals surface area contributed by atoms with Crippen LogP contribution in [0.5, 0.6) is 5.75 Å². The number of ether oxygens (including phenoxy) is 2. The normalized spacial score (nSPS) is 11.7. The summed E-state index contributed by atoms with van der Waals surface area (Å²) in [7, 11) is 1.55. The number of anilines is 1. The number of aromatic nitrogens is 1. The van der Waals surface area contributed by atoms with Crippen LogP contribution in [0.3, 0.4) is 0 Å². The highest BCUT2D eigenvalue weighted by molar-refractivity contribution is 5.92. The summed E-state index contributed by atoms with van der Waals surface area (Å²) in [5, 5.41) is 3.68. The first kappa shape index (κ1) is 15.4. The van der Waals surface area contributed by atoms with Gasteiger partial charge in [0.1, 0.15) is 5.75 Å². The molecule has 0 atom stereocenters. The summed E-state index contributed by atoms with van der Waals surface area (Å²) in [5.74, 6) is -0.268. The molecule has 2 rings (SSSR count). The largest absolute Gasteiger partial charge is 0.573 e. The number of rotatable bonds is 5. The van der Waals surface area contributed by atoms with Crippen LogP contribution in [-0.4, -0.2) is 25.0 Å². The van der Waals surface area contributed by atoms with Crippen molar-refractivity contribution >= 4 is 16.6 Å². The standard InChI is InChI=1S/C14H15F3N2O2/c1-3-18-13-6-9(8-20-2)19-12-5-4-10(7-11(12)13)21-14(15,16)17/h4-7H,3,8H2,1-2H3,(H,18,19). The molecule has 1 N–H and O–H groups in total. The van der Waals surface area contributed by atoms with Crippen molar-refractivity contribution in [2.24, 2.45) is 0 Å². The molecule has 0 aliphatic carbocycles. The molecule has 0 aliphatic rings. The summed E-state index contributed by atoms with van der Waals surface area (Å²) in [4.78, 5) is 4.34. The number of hydrogen-bond donors (Lipinski definition) is 1. The van der Waals surface area contributed by atoms with Crippen molar-refractivity contribution in [1.29, 1.82) is 0 Å². The van der Waals surface area contributed by atoms with E-state index in [0.717, 1.165) is 0 Å². The molecule has 0 saturated carbocycles. The van der Waals surface area contributed by atoms with Crippen LogP contribution in [0.2, 0.25) is 0 Å². The first-order valence-electron chi connectivity index (χ1n) is 6.35. The summed E-state index contributed by atoms with van der Waals surface area (Å²) < 4.78 is 45.8. The zero-order valence-corrected chi connectivity index (χ0v) is 11.6. The van der Waals surface area contributed by atoms with E-state index in [4.69, 9.17) is 4.74 Å². The number of nitrogens with zero attached hydrogens (tertiary/aromatic N) is 1. The molecule has 0 aliphatic heterocycles. The van der Waals surface area contributed by atoms with Crippen molar-refractivity contribution in [3.05, 3.63) is 30.0 Å². The van der Waals surface area contributed by atoms with Gasteiger partial charge in [0.05, 0.1) is 17.8 Å². The number of pyridine rings is 1. The first-order chi connectivity index (χ1) is 9.93. The fourth-order valence-electron chi connectivity index (χ4n) is 2.02. The van der Waals surface area contributed by atoms with Crippen LogP contribution < -0.4 is 10.1 Å². The fraction of sp³-hybridized carbons (Fsp3) is 0.357. The summed E-state index contributed by atoms with van der Waals surface area (Å²) >= 11 is 0. The van der Waals surface area contributed by atoms with E-state index in [2.05, 4.69) is 15.0 Å². The van der Waals surface area contributed by atoms with Gasteiger partial charge in [-0.1, -0.05) is 0 Å². The van der Waals surface area contributed by atoms with E-state index in [1.807, 2.05) is 6.92 Å². The third-order valence-corrected chi connectivity index (χ3v) is 2.73. The van der Waals surface area contributed by atoms with Gasteiger partial charge < -0.3 is 14.8 Å². The zero-order chi connectivity index (χ0) is 15.5. The molecule has 1 aromatic heterocycles. The molecular weight excluding hydrogens is 285 g/mol. The van der Waals surface area contributed by atoms with Crippen molar-refractivity contribution in [3.8, 4) is 5.75 Å². The predicted molar refractivity (Wildman–Crippen MR) is 73.3 cm³/mol. The molecule has 0 spiro atoms. The molecule has 1 aromatic carbocycles. The number of hydrogen-bond acceptors (Lipinski definition) is 4. The third-order valence-electron chi connectivity index (χ3n) is 2.73. The van der Waals surface area contributed by atoms with Crippen LogP contribution in [0.25, 0.3) is 10.9 Å². The van der Waals surface area contributed by atoms with Crippen molar-refractivity contribution in [1.82, 2.24) is 4.98 Å². The van der Waals surface area contributed by atoms with Gasteiger partial charge in [0.15, 0.2) is 0 Å². The predicted octanol–water partition coefficient (Wildman–Crippen LogP) is 3.71. The van der Waals surface area contributed by atoms with Crippen LogP contribution >= 0.6 is 0 Å². The SMILES string of the molecule is CCNc1cc(COC)nc2ccc(OC(F)(F)F)cc12. The second kappa shape index (κ2) is 6.17. The van der Waals surface area contributed by atoms with Crippen LogP contribution in [0, 0.1) is 0 Å². The second-order valence-corrected chi connectivity index (χ2v) is 4.35. The number of alkyl halides is 3. The Morgan fingerprint density at radius 2 is 2.00 bits per heavy atom. The molecule has 114 valence electrons. The summed E-state index contributed by atoms with van der Waals surface area (Å²) in [6, 6.07) is 5.82. The van der Waals surface area contributed by atoms with E-state index < -0.39 is 6.36 Å². The molecule has 1 heterocycles. The van der Waals surface area contributed by atoms with Gasteiger partial charge in [-0.25, -0.2) is 0 Å². The number of halogens is 3. The third kappa shape index (κ3) is 3.98. The van der Waals surface area contributed by atoms with Crippen molar-refractivity contribution < 1.29 is 22.6 Å². The Balaban J connectivity index is 2.48. The molecule has 0 amide bonds. The smallest absolute Gasteiger partial charge is 0.406 e. The Hall–Kier alpha value is -2.02. The highest BCUT2D eigenvalue weighted by Gasteiger charge is 2.31. The summed E-state index contributed by atoms with van der Waals surface area (Å²) in [6.45, 7) is 2.86. The van der Waals surface area contributed by atoms with Gasteiger partial charge in [0.2, 0.25) is 0 Å². The molecule has 0 bridgehead atoms. The van der Waals surface area contributed by atoms with Gasteiger partial charge in [-0.05, 0) is 31.2 Å². The quantitative estimate of drug-likeness (QED) is 0.914. The molecule has 0 saturated heterocycles. The lowest BCUT2D eigenvalue weighted by Crippen LogP contribution is -2.17. The summed E-state index contributed by atoms with van der Waals surface area (Å²) in [6.07, 6.45) is -4.71. The zero-order valence-electron chi connectivity index (χ0n) is 11.6. The van der Waals surface area contributed by atoms with E-state index in [0.29, 0.717) is 35.4 Å². The Bertz CT molecular complexity index is 629. The van der Waals surface area contributed by atoms with Crippen LogP contribution in [0.1, 0.15) is 12.6 Å². The molecular formula is C14H15F3N2O2. The lowest BCUT2D eigenvalue weighted by Gasteiger charge is -2.13.